The van der Waals surface area contributed by atoms with Gasteiger partial charge in [0.2, 0.25) is 0 Å². The van der Waals surface area contributed by atoms with Crippen LogP contribution in [0.4, 0.5) is 5.69 Å². The molecule has 1 aromatic carbocycles. The molecule has 1 aliphatic heterocycles. The van der Waals surface area contributed by atoms with Crippen molar-refractivity contribution in [2.24, 2.45) is 5.73 Å². The van der Waals surface area contributed by atoms with Crippen molar-refractivity contribution in [1.29, 1.82) is 0 Å². The van der Waals surface area contributed by atoms with Crippen molar-refractivity contribution in [3.05, 3.63) is 39.9 Å². The Bertz CT molecular complexity index is 559. The van der Waals surface area contributed by atoms with Crippen molar-refractivity contribution in [1.82, 2.24) is 4.90 Å². The third kappa shape index (κ3) is 4.27. The molecule has 1 amide bonds. The van der Waals surface area contributed by atoms with Crippen LogP contribution in [-0.4, -0.2) is 40.5 Å². The van der Waals surface area contributed by atoms with Gasteiger partial charge in [0.25, 0.3) is 11.6 Å². The molecule has 0 spiro atoms. The smallest absolute Gasteiger partial charge is 0.269 e. The highest BCUT2D eigenvalue weighted by atomic mass is 16.6. The molecule has 23 heavy (non-hydrogen) atoms. The number of amides is 1. The van der Waals surface area contributed by atoms with Gasteiger partial charge in [0.1, 0.15) is 6.10 Å². The summed E-state index contributed by atoms with van der Waals surface area (Å²) in [6, 6.07) is 6.28. The number of non-ortho nitro benzene ring substituents is 1. The standard InChI is InChI=1S/C16H23N3O4/c1-11(2)18(16(20)15-8-7-14(9-17)23-15)10-12-3-5-13(6-4-12)19(21)22/h3-6,11,14-15H,7-10,17H2,1-2H3/t14-,15+/m1/s1. The molecule has 0 aliphatic carbocycles. The lowest BCUT2D eigenvalue weighted by Crippen LogP contribution is -2.43. The van der Waals surface area contributed by atoms with Crippen molar-refractivity contribution < 1.29 is 14.5 Å². The number of carbonyl (C=O) groups is 1. The van der Waals surface area contributed by atoms with Crippen molar-refractivity contribution in [3.8, 4) is 0 Å². The first-order chi connectivity index (χ1) is 10.9. The molecule has 1 heterocycles. The van der Waals surface area contributed by atoms with E-state index in [-0.39, 0.29) is 23.7 Å². The molecular weight excluding hydrogens is 298 g/mol. The zero-order chi connectivity index (χ0) is 17.0. The Morgan fingerprint density at radius 2 is 2.04 bits per heavy atom. The summed E-state index contributed by atoms with van der Waals surface area (Å²) in [6.07, 6.45) is 1.00. The quantitative estimate of drug-likeness (QED) is 0.636. The largest absolute Gasteiger partial charge is 0.364 e. The molecule has 7 nitrogen and oxygen atoms in total. The van der Waals surface area contributed by atoms with E-state index in [0.717, 1.165) is 12.0 Å². The first-order valence-corrected chi connectivity index (χ1v) is 7.81. The number of hydrogen-bond acceptors (Lipinski definition) is 5. The van der Waals surface area contributed by atoms with Gasteiger partial charge in [0.15, 0.2) is 0 Å². The fourth-order valence-corrected chi connectivity index (χ4v) is 2.68. The van der Waals surface area contributed by atoms with Gasteiger partial charge in [-0.25, -0.2) is 0 Å². The van der Waals surface area contributed by atoms with Gasteiger partial charge in [-0.2, -0.15) is 0 Å². The van der Waals surface area contributed by atoms with Crippen molar-refractivity contribution in [3.63, 3.8) is 0 Å². The van der Waals surface area contributed by atoms with Gasteiger partial charge in [0, 0.05) is 31.3 Å². The second-order valence-corrected chi connectivity index (χ2v) is 6.04. The summed E-state index contributed by atoms with van der Waals surface area (Å²) in [4.78, 5) is 24.7. The molecule has 1 aliphatic rings. The number of nitro groups is 1. The number of rotatable bonds is 6. The maximum atomic E-state index is 12.7. The molecule has 7 heteroatoms. The highest BCUT2D eigenvalue weighted by molar-refractivity contribution is 5.81. The highest BCUT2D eigenvalue weighted by Gasteiger charge is 2.33. The lowest BCUT2D eigenvalue weighted by Gasteiger charge is -2.29. The summed E-state index contributed by atoms with van der Waals surface area (Å²) >= 11 is 0. The fourth-order valence-electron chi connectivity index (χ4n) is 2.68. The minimum absolute atomic E-state index is 0.0122. The zero-order valence-corrected chi connectivity index (χ0v) is 13.5. The van der Waals surface area contributed by atoms with Crippen LogP contribution in [0.3, 0.4) is 0 Å². The predicted molar refractivity (Wildman–Crippen MR) is 85.7 cm³/mol. The van der Waals surface area contributed by atoms with E-state index in [0.29, 0.717) is 19.5 Å². The van der Waals surface area contributed by atoms with Crippen LogP contribution in [0.2, 0.25) is 0 Å². The zero-order valence-electron chi connectivity index (χ0n) is 13.5. The van der Waals surface area contributed by atoms with Gasteiger partial charge >= 0.3 is 0 Å². The molecule has 0 radical (unpaired) electrons. The minimum Gasteiger partial charge on any atom is -0.364 e. The number of ether oxygens (including phenoxy) is 1. The van der Waals surface area contributed by atoms with Gasteiger partial charge in [-0.15, -0.1) is 0 Å². The Morgan fingerprint density at radius 3 is 2.52 bits per heavy atom. The minimum atomic E-state index is -0.441. The lowest BCUT2D eigenvalue weighted by atomic mass is 10.1. The SMILES string of the molecule is CC(C)N(Cc1ccc([N+](=O)[O-])cc1)C(=O)[C@@H]1CC[C@H](CN)O1. The Kier molecular flexibility index (Phi) is 5.68. The molecule has 0 aromatic heterocycles. The third-order valence-corrected chi connectivity index (χ3v) is 4.05. The lowest BCUT2D eigenvalue weighted by molar-refractivity contribution is -0.384. The van der Waals surface area contributed by atoms with Crippen molar-refractivity contribution >= 4 is 11.6 Å². The van der Waals surface area contributed by atoms with Crippen molar-refractivity contribution in [2.45, 2.75) is 51.5 Å². The maximum absolute atomic E-state index is 12.7. The van der Waals surface area contributed by atoms with Crippen LogP contribution in [0.15, 0.2) is 24.3 Å². The molecule has 2 atom stereocenters. The monoisotopic (exact) mass is 321 g/mol. The predicted octanol–water partition coefficient (Wildman–Crippen LogP) is 1.84. The Hall–Kier alpha value is -1.99. The van der Waals surface area contributed by atoms with Gasteiger partial charge in [-0.1, -0.05) is 12.1 Å². The summed E-state index contributed by atoms with van der Waals surface area (Å²) in [6.45, 7) is 4.72. The summed E-state index contributed by atoms with van der Waals surface area (Å²) in [5, 5.41) is 10.7. The van der Waals surface area contributed by atoms with E-state index < -0.39 is 11.0 Å². The fraction of sp³-hybridized carbons (Fsp3) is 0.562. The van der Waals surface area contributed by atoms with Gasteiger partial charge in [-0.3, -0.25) is 14.9 Å². The van der Waals surface area contributed by atoms with E-state index in [4.69, 9.17) is 10.5 Å². The van der Waals surface area contributed by atoms with Crippen LogP contribution < -0.4 is 5.73 Å². The van der Waals surface area contributed by atoms with Crippen LogP contribution in [0, 0.1) is 10.1 Å². The molecule has 1 aromatic rings. The average molecular weight is 321 g/mol. The molecule has 0 bridgehead atoms. The van der Waals surface area contributed by atoms with Crippen molar-refractivity contribution in [2.75, 3.05) is 6.54 Å². The molecule has 1 saturated heterocycles. The van der Waals surface area contributed by atoms with Gasteiger partial charge in [0.05, 0.1) is 11.0 Å². The van der Waals surface area contributed by atoms with Gasteiger partial charge in [-0.05, 0) is 32.3 Å². The maximum Gasteiger partial charge on any atom is 0.269 e. The molecule has 0 saturated carbocycles. The van der Waals surface area contributed by atoms with E-state index in [1.54, 1.807) is 17.0 Å². The van der Waals surface area contributed by atoms with Crippen LogP contribution in [-0.2, 0) is 16.1 Å². The average Bonchev–Trinajstić information content (AvgIpc) is 3.01. The molecule has 126 valence electrons. The second kappa shape index (κ2) is 7.52. The molecule has 0 unspecified atom stereocenters. The summed E-state index contributed by atoms with van der Waals surface area (Å²) < 4.78 is 5.69. The van der Waals surface area contributed by atoms with E-state index in [2.05, 4.69) is 0 Å². The topological polar surface area (TPSA) is 98.7 Å². The Balaban J connectivity index is 2.06. The summed E-state index contributed by atoms with van der Waals surface area (Å²) in [5.74, 6) is -0.0469. The number of hydrogen-bond donors (Lipinski definition) is 1. The number of nitrogens with zero attached hydrogens (tertiary/aromatic N) is 2. The Labute approximate surface area is 135 Å². The first-order valence-electron chi connectivity index (χ1n) is 7.81. The van der Waals surface area contributed by atoms with E-state index >= 15 is 0 Å². The van der Waals surface area contributed by atoms with Crippen LogP contribution in [0.5, 0.6) is 0 Å². The number of nitro benzene ring substituents is 1. The first kappa shape index (κ1) is 17.4. The van der Waals surface area contributed by atoms with E-state index in [1.807, 2.05) is 13.8 Å². The molecule has 2 N–H and O–H groups in total. The van der Waals surface area contributed by atoms with Crippen LogP contribution >= 0.6 is 0 Å². The number of nitrogens with two attached hydrogens (primary N) is 1. The van der Waals surface area contributed by atoms with Crippen LogP contribution in [0.1, 0.15) is 32.3 Å². The summed E-state index contributed by atoms with van der Waals surface area (Å²) in [7, 11) is 0. The summed E-state index contributed by atoms with van der Waals surface area (Å²) in [5.41, 5.74) is 6.48. The number of carbonyl (C=O) groups excluding carboxylic acids is 1. The molecular formula is C16H23N3O4. The molecule has 2 rings (SSSR count). The van der Waals surface area contributed by atoms with E-state index in [9.17, 15) is 14.9 Å². The third-order valence-electron chi connectivity index (χ3n) is 4.05. The van der Waals surface area contributed by atoms with Gasteiger partial charge < -0.3 is 15.4 Å². The van der Waals surface area contributed by atoms with E-state index in [1.165, 1.54) is 12.1 Å². The van der Waals surface area contributed by atoms with Crippen LogP contribution in [0.25, 0.3) is 0 Å². The Morgan fingerprint density at radius 1 is 1.39 bits per heavy atom. The highest BCUT2D eigenvalue weighted by Crippen LogP contribution is 2.23. The number of benzene rings is 1. The second-order valence-electron chi connectivity index (χ2n) is 6.04. The molecule has 1 fully saturated rings. The normalized spacial score (nSPS) is 20.7.